The minimum atomic E-state index is -0.825. The number of amides is 3. The average Bonchev–Trinajstić information content (AvgIpc) is 2.10. The highest BCUT2D eigenvalue weighted by atomic mass is 16.3. The summed E-state index contributed by atoms with van der Waals surface area (Å²) in [5, 5.41) is 10.5. The number of imide groups is 1. The van der Waals surface area contributed by atoms with Crippen LogP contribution in [0, 0.1) is 0 Å². The number of likely N-dealkylation sites (N-methyl/N-ethyl adjacent to an activating group) is 1. The van der Waals surface area contributed by atoms with Crippen LogP contribution in [0.25, 0.3) is 0 Å². The first-order valence-corrected chi connectivity index (χ1v) is 4.95. The predicted molar refractivity (Wildman–Crippen MR) is 56.2 cm³/mol. The zero-order chi connectivity index (χ0) is 11.7. The van der Waals surface area contributed by atoms with Crippen LogP contribution >= 0.6 is 0 Å². The second kappa shape index (κ2) is 8.19. The van der Waals surface area contributed by atoms with Gasteiger partial charge in [0.15, 0.2) is 0 Å². The maximum Gasteiger partial charge on any atom is 0.318 e. The van der Waals surface area contributed by atoms with Crippen LogP contribution in [0.1, 0.15) is 19.3 Å². The van der Waals surface area contributed by atoms with Crippen LogP contribution in [0.4, 0.5) is 4.79 Å². The van der Waals surface area contributed by atoms with Crippen molar-refractivity contribution in [2.24, 2.45) is 5.73 Å². The number of carbonyl (C=O) groups excluding carboxylic acids is 2. The third-order valence-corrected chi connectivity index (χ3v) is 1.87. The van der Waals surface area contributed by atoms with E-state index in [1.54, 1.807) is 11.9 Å². The summed E-state index contributed by atoms with van der Waals surface area (Å²) in [5.74, 6) is -0.396. The number of rotatable bonds is 7. The lowest BCUT2D eigenvalue weighted by molar-refractivity contribution is -0.120. The molecule has 0 radical (unpaired) electrons. The topological polar surface area (TPSA) is 95.7 Å². The summed E-state index contributed by atoms with van der Waals surface area (Å²) in [6.45, 7) is 1.11. The van der Waals surface area contributed by atoms with Crippen molar-refractivity contribution in [1.29, 1.82) is 0 Å². The van der Waals surface area contributed by atoms with Crippen LogP contribution in [0.3, 0.4) is 0 Å². The molecule has 0 aliphatic rings. The van der Waals surface area contributed by atoms with E-state index in [0.29, 0.717) is 0 Å². The average molecular weight is 217 g/mol. The first-order chi connectivity index (χ1) is 7.06. The molecule has 6 heteroatoms. The van der Waals surface area contributed by atoms with Crippen LogP contribution in [0.15, 0.2) is 0 Å². The van der Waals surface area contributed by atoms with Crippen molar-refractivity contribution in [2.75, 3.05) is 26.7 Å². The molecule has 88 valence electrons. The highest BCUT2D eigenvalue weighted by molar-refractivity contribution is 5.94. The number of urea groups is 1. The Morgan fingerprint density at radius 3 is 2.53 bits per heavy atom. The van der Waals surface area contributed by atoms with Crippen molar-refractivity contribution >= 4 is 11.9 Å². The molecule has 0 aliphatic carbocycles. The summed E-state index contributed by atoms with van der Waals surface area (Å²) in [7, 11) is 1.79. The summed E-state index contributed by atoms with van der Waals surface area (Å²) >= 11 is 0. The number of nitrogens with one attached hydrogen (secondary N) is 1. The molecule has 0 heterocycles. The second-order valence-electron chi connectivity index (χ2n) is 3.43. The molecule has 3 amide bonds. The number of unbranched alkanes of at least 4 members (excludes halogenated alkanes) is 2. The van der Waals surface area contributed by atoms with Crippen LogP contribution in [0.5, 0.6) is 0 Å². The summed E-state index contributed by atoms with van der Waals surface area (Å²) < 4.78 is 0. The van der Waals surface area contributed by atoms with E-state index in [1.165, 1.54) is 0 Å². The first kappa shape index (κ1) is 13.9. The van der Waals surface area contributed by atoms with Gasteiger partial charge in [-0.05, 0) is 32.9 Å². The lowest BCUT2D eigenvalue weighted by atomic mass is 10.2. The predicted octanol–water partition coefficient (Wildman–Crippen LogP) is -0.724. The number of nitrogens with zero attached hydrogens (tertiary/aromatic N) is 1. The Hall–Kier alpha value is -1.14. The fourth-order valence-corrected chi connectivity index (χ4v) is 1.17. The number of nitrogens with two attached hydrogens (primary N) is 1. The largest absolute Gasteiger partial charge is 0.396 e. The van der Waals surface area contributed by atoms with Gasteiger partial charge >= 0.3 is 6.03 Å². The van der Waals surface area contributed by atoms with Gasteiger partial charge in [-0.2, -0.15) is 0 Å². The third-order valence-electron chi connectivity index (χ3n) is 1.87. The Morgan fingerprint density at radius 1 is 1.33 bits per heavy atom. The summed E-state index contributed by atoms with van der Waals surface area (Å²) in [4.78, 5) is 23.2. The SMILES string of the molecule is CN(CCCCCO)CC(=O)NC(N)=O. The number of hydrogen-bond donors (Lipinski definition) is 3. The number of carbonyl (C=O) groups is 2. The van der Waals surface area contributed by atoms with Gasteiger partial charge < -0.3 is 10.8 Å². The number of hydrogen-bond acceptors (Lipinski definition) is 4. The lowest BCUT2D eigenvalue weighted by Crippen LogP contribution is -2.41. The minimum Gasteiger partial charge on any atom is -0.396 e. The highest BCUT2D eigenvalue weighted by Gasteiger charge is 2.07. The van der Waals surface area contributed by atoms with E-state index in [0.717, 1.165) is 25.8 Å². The molecule has 0 saturated heterocycles. The van der Waals surface area contributed by atoms with Gasteiger partial charge in [0.2, 0.25) is 5.91 Å². The molecule has 0 fully saturated rings. The molecule has 0 aliphatic heterocycles. The highest BCUT2D eigenvalue weighted by Crippen LogP contribution is 1.96. The third kappa shape index (κ3) is 9.17. The van der Waals surface area contributed by atoms with Gasteiger partial charge in [-0.15, -0.1) is 0 Å². The van der Waals surface area contributed by atoms with E-state index in [1.807, 2.05) is 5.32 Å². The molecule has 0 aromatic heterocycles. The van der Waals surface area contributed by atoms with Crippen molar-refractivity contribution in [3.05, 3.63) is 0 Å². The number of primary amides is 1. The van der Waals surface area contributed by atoms with E-state index in [4.69, 9.17) is 10.8 Å². The summed E-state index contributed by atoms with van der Waals surface area (Å²) in [6, 6.07) is -0.825. The fourth-order valence-electron chi connectivity index (χ4n) is 1.17. The fraction of sp³-hybridized carbons (Fsp3) is 0.778. The molecule has 0 bridgehead atoms. The Balaban J connectivity index is 3.51. The molecule has 6 nitrogen and oxygen atoms in total. The van der Waals surface area contributed by atoms with Gasteiger partial charge in [-0.3, -0.25) is 15.0 Å². The van der Waals surface area contributed by atoms with E-state index >= 15 is 0 Å². The Morgan fingerprint density at radius 2 is 2.00 bits per heavy atom. The quantitative estimate of drug-likeness (QED) is 0.490. The molecule has 0 rings (SSSR count). The Labute approximate surface area is 89.4 Å². The molecular weight excluding hydrogens is 198 g/mol. The summed E-state index contributed by atoms with van der Waals surface area (Å²) in [6.07, 6.45) is 2.63. The standard InChI is InChI=1S/C9H19N3O3/c1-12(5-3-2-4-6-13)7-8(14)11-9(10)15/h13H,2-7H2,1H3,(H3,10,11,14,15). The van der Waals surface area contributed by atoms with Gasteiger partial charge in [0.05, 0.1) is 6.54 Å². The maximum absolute atomic E-state index is 11.1. The van der Waals surface area contributed by atoms with E-state index < -0.39 is 11.9 Å². The smallest absolute Gasteiger partial charge is 0.318 e. The van der Waals surface area contributed by atoms with Crippen LogP contribution in [-0.2, 0) is 4.79 Å². The normalized spacial score (nSPS) is 10.3. The van der Waals surface area contributed by atoms with E-state index in [9.17, 15) is 9.59 Å². The molecule has 0 unspecified atom stereocenters. The summed E-state index contributed by atoms with van der Waals surface area (Å²) in [5.41, 5.74) is 4.79. The van der Waals surface area contributed by atoms with Gasteiger partial charge in [0.25, 0.3) is 0 Å². The van der Waals surface area contributed by atoms with Crippen LogP contribution in [0.2, 0.25) is 0 Å². The molecule has 0 aromatic carbocycles. The first-order valence-electron chi connectivity index (χ1n) is 4.95. The second-order valence-corrected chi connectivity index (χ2v) is 3.43. The molecule has 4 N–H and O–H groups in total. The number of aliphatic hydroxyl groups is 1. The lowest BCUT2D eigenvalue weighted by Gasteiger charge is -2.14. The van der Waals surface area contributed by atoms with Gasteiger partial charge in [-0.25, -0.2) is 4.79 Å². The molecule has 0 saturated carbocycles. The molecular formula is C9H19N3O3. The molecule has 0 spiro atoms. The van der Waals surface area contributed by atoms with Crippen molar-refractivity contribution in [1.82, 2.24) is 10.2 Å². The van der Waals surface area contributed by atoms with Gasteiger partial charge in [0.1, 0.15) is 0 Å². The zero-order valence-electron chi connectivity index (χ0n) is 9.03. The van der Waals surface area contributed by atoms with Crippen molar-refractivity contribution in [3.8, 4) is 0 Å². The minimum absolute atomic E-state index is 0.155. The molecule has 0 aromatic rings. The monoisotopic (exact) mass is 217 g/mol. The van der Waals surface area contributed by atoms with Gasteiger partial charge in [0, 0.05) is 6.61 Å². The Bertz CT molecular complexity index is 209. The Kier molecular flexibility index (Phi) is 7.57. The zero-order valence-corrected chi connectivity index (χ0v) is 9.03. The van der Waals surface area contributed by atoms with Crippen molar-refractivity contribution in [3.63, 3.8) is 0 Å². The van der Waals surface area contributed by atoms with Gasteiger partial charge in [-0.1, -0.05) is 0 Å². The maximum atomic E-state index is 11.1. The molecule has 0 atom stereocenters. The van der Waals surface area contributed by atoms with Crippen LogP contribution < -0.4 is 11.1 Å². The van der Waals surface area contributed by atoms with Crippen LogP contribution in [-0.4, -0.2) is 48.7 Å². The van der Waals surface area contributed by atoms with E-state index in [2.05, 4.69) is 0 Å². The van der Waals surface area contributed by atoms with Crippen molar-refractivity contribution in [2.45, 2.75) is 19.3 Å². The number of aliphatic hydroxyl groups excluding tert-OH is 1. The van der Waals surface area contributed by atoms with E-state index in [-0.39, 0.29) is 13.2 Å². The van der Waals surface area contributed by atoms with Crippen molar-refractivity contribution < 1.29 is 14.7 Å². The molecule has 15 heavy (non-hydrogen) atoms.